The van der Waals surface area contributed by atoms with Gasteiger partial charge in [-0.3, -0.25) is 4.79 Å². The molecule has 0 saturated heterocycles. The van der Waals surface area contributed by atoms with Crippen LogP contribution in [0.15, 0.2) is 12.1 Å². The van der Waals surface area contributed by atoms with Gasteiger partial charge >= 0.3 is 5.97 Å². The van der Waals surface area contributed by atoms with E-state index in [-0.39, 0.29) is 12.4 Å². The lowest BCUT2D eigenvalue weighted by Crippen LogP contribution is -2.06. The first kappa shape index (κ1) is 13.5. The quantitative estimate of drug-likeness (QED) is 0.610. The molecule has 0 unspecified atom stereocenters. The number of hydrogen-bond donors (Lipinski definition) is 0. The fourth-order valence-corrected chi connectivity index (χ4v) is 2.03. The highest BCUT2D eigenvalue weighted by atomic mass is 35.5. The Morgan fingerprint density at radius 3 is 2.71 bits per heavy atom. The number of methoxy groups -OCH3 is 1. The predicted molar refractivity (Wildman–Crippen MR) is 65.8 cm³/mol. The first-order chi connectivity index (χ1) is 8.15. The molecule has 1 rings (SSSR count). The lowest BCUT2D eigenvalue weighted by molar-refractivity contribution is -0.139. The minimum atomic E-state index is -0.311. The van der Waals surface area contributed by atoms with Crippen molar-refractivity contribution in [1.82, 2.24) is 0 Å². The van der Waals surface area contributed by atoms with Crippen LogP contribution in [-0.4, -0.2) is 13.1 Å². The summed E-state index contributed by atoms with van der Waals surface area (Å²) >= 11 is 5.84. The average molecular weight is 252 g/mol. The summed E-state index contributed by atoms with van der Waals surface area (Å²) < 4.78 is 4.61. The van der Waals surface area contributed by atoms with E-state index >= 15 is 0 Å². The highest BCUT2D eigenvalue weighted by Gasteiger charge is 2.11. The van der Waals surface area contributed by atoms with Crippen molar-refractivity contribution >= 4 is 17.6 Å². The van der Waals surface area contributed by atoms with Gasteiger partial charge in [-0.1, -0.05) is 13.0 Å². The maximum atomic E-state index is 11.2. The number of halogens is 1. The molecule has 17 heavy (non-hydrogen) atoms. The molecule has 0 N–H and O–H groups in total. The van der Waals surface area contributed by atoms with Crippen LogP contribution in [0.5, 0.6) is 0 Å². The lowest BCUT2D eigenvalue weighted by atomic mass is 9.96. The fourth-order valence-electron chi connectivity index (χ4n) is 1.71. The van der Waals surface area contributed by atoms with Crippen LogP contribution in [0.2, 0.25) is 0 Å². The molecular formula is C13H14ClNO2. The molecule has 0 radical (unpaired) electrons. The van der Waals surface area contributed by atoms with Gasteiger partial charge in [0.05, 0.1) is 25.2 Å². The summed E-state index contributed by atoms with van der Waals surface area (Å²) in [6.45, 7) is 1.99. The van der Waals surface area contributed by atoms with Crippen LogP contribution in [0, 0.1) is 11.3 Å². The normalized spacial score (nSPS) is 9.76. The highest BCUT2D eigenvalue weighted by molar-refractivity contribution is 6.17. The van der Waals surface area contributed by atoms with Gasteiger partial charge < -0.3 is 4.74 Å². The summed E-state index contributed by atoms with van der Waals surface area (Å²) in [7, 11) is 1.35. The van der Waals surface area contributed by atoms with Crippen LogP contribution in [0.25, 0.3) is 0 Å². The van der Waals surface area contributed by atoms with E-state index in [1.165, 1.54) is 7.11 Å². The van der Waals surface area contributed by atoms with Gasteiger partial charge in [-0.25, -0.2) is 0 Å². The van der Waals surface area contributed by atoms with Crippen molar-refractivity contribution in [3.63, 3.8) is 0 Å². The molecule has 0 aromatic heterocycles. The number of alkyl halides is 1. The molecule has 4 heteroatoms. The average Bonchev–Trinajstić information content (AvgIpc) is 2.37. The van der Waals surface area contributed by atoms with E-state index in [4.69, 9.17) is 16.9 Å². The number of carbonyl (C=O) groups is 1. The Morgan fingerprint density at radius 2 is 2.24 bits per heavy atom. The fraction of sp³-hybridized carbons (Fsp3) is 0.385. The van der Waals surface area contributed by atoms with Crippen LogP contribution in [-0.2, 0) is 28.3 Å². The summed E-state index contributed by atoms with van der Waals surface area (Å²) in [5.74, 6) is -0.000497. The summed E-state index contributed by atoms with van der Waals surface area (Å²) in [5, 5.41) is 9.06. The predicted octanol–water partition coefficient (Wildman–Crippen LogP) is 2.57. The summed E-state index contributed by atoms with van der Waals surface area (Å²) in [6.07, 6.45) is 0.965. The molecule has 0 aliphatic heterocycles. The monoisotopic (exact) mass is 251 g/mol. The Morgan fingerprint density at radius 1 is 1.53 bits per heavy atom. The van der Waals surface area contributed by atoms with Gasteiger partial charge in [0.25, 0.3) is 0 Å². The van der Waals surface area contributed by atoms with Crippen LogP contribution in [0.3, 0.4) is 0 Å². The number of aryl methyl sites for hydroxylation is 1. The number of carbonyl (C=O) groups excluding carboxylic acids is 1. The topological polar surface area (TPSA) is 50.1 Å². The number of hydrogen-bond acceptors (Lipinski definition) is 3. The number of esters is 1. The van der Waals surface area contributed by atoms with Crippen LogP contribution < -0.4 is 0 Å². The maximum absolute atomic E-state index is 11.2. The summed E-state index contributed by atoms with van der Waals surface area (Å²) in [6, 6.07) is 5.73. The smallest absolute Gasteiger partial charge is 0.309 e. The Balaban J connectivity index is 3.19. The molecule has 1 aromatic carbocycles. The Hall–Kier alpha value is -1.53. The molecule has 0 aliphatic carbocycles. The number of nitrogens with zero attached hydrogens (tertiary/aromatic N) is 1. The molecular weight excluding hydrogens is 238 g/mol. The lowest BCUT2D eigenvalue weighted by Gasteiger charge is -2.10. The summed E-state index contributed by atoms with van der Waals surface area (Å²) in [4.78, 5) is 11.2. The second-order valence-electron chi connectivity index (χ2n) is 3.63. The Labute approximate surface area is 106 Å². The van der Waals surface area contributed by atoms with Crippen LogP contribution in [0.4, 0.5) is 0 Å². The van der Waals surface area contributed by atoms with Gasteiger partial charge in [-0.15, -0.1) is 11.6 Å². The number of ether oxygens (including phenoxy) is 1. The van der Waals surface area contributed by atoms with Crippen molar-refractivity contribution in [2.24, 2.45) is 0 Å². The van der Waals surface area contributed by atoms with Crippen molar-refractivity contribution < 1.29 is 9.53 Å². The second-order valence-corrected chi connectivity index (χ2v) is 3.90. The van der Waals surface area contributed by atoms with Gasteiger partial charge in [0.1, 0.15) is 0 Å². The standard InChI is InChI=1S/C13H14ClNO2/c1-3-10-4-9(6-13(16)17-2)5-11(8-15)12(10)7-14/h4-5H,3,6-7H2,1-2H3. The maximum Gasteiger partial charge on any atom is 0.309 e. The zero-order valence-corrected chi connectivity index (χ0v) is 10.7. The van der Waals surface area contributed by atoms with Crippen molar-refractivity contribution in [2.75, 3.05) is 7.11 Å². The zero-order valence-electron chi connectivity index (χ0n) is 9.92. The van der Waals surface area contributed by atoms with Crippen molar-refractivity contribution in [2.45, 2.75) is 25.6 Å². The van der Waals surface area contributed by atoms with Crippen LogP contribution in [0.1, 0.15) is 29.2 Å². The first-order valence-corrected chi connectivity index (χ1v) is 5.87. The molecule has 0 atom stereocenters. The van der Waals surface area contributed by atoms with Gasteiger partial charge in [-0.2, -0.15) is 5.26 Å². The molecule has 0 bridgehead atoms. The van der Waals surface area contributed by atoms with Gasteiger partial charge in [-0.05, 0) is 29.2 Å². The van der Waals surface area contributed by atoms with E-state index in [9.17, 15) is 4.79 Å². The number of benzene rings is 1. The van der Waals surface area contributed by atoms with Crippen molar-refractivity contribution in [3.8, 4) is 6.07 Å². The Bertz CT molecular complexity index is 463. The van der Waals surface area contributed by atoms with E-state index in [0.29, 0.717) is 11.4 Å². The molecule has 3 nitrogen and oxygen atoms in total. The van der Waals surface area contributed by atoms with Gasteiger partial charge in [0, 0.05) is 5.88 Å². The second kappa shape index (κ2) is 6.27. The SMILES string of the molecule is CCc1cc(CC(=O)OC)cc(C#N)c1CCl. The molecule has 0 saturated carbocycles. The van der Waals surface area contributed by atoms with E-state index in [0.717, 1.165) is 23.1 Å². The minimum absolute atomic E-state index is 0.181. The third-order valence-electron chi connectivity index (χ3n) is 2.61. The molecule has 90 valence electrons. The van der Waals surface area contributed by atoms with Crippen molar-refractivity contribution in [1.29, 1.82) is 5.26 Å². The third kappa shape index (κ3) is 3.21. The van der Waals surface area contributed by atoms with Crippen molar-refractivity contribution in [3.05, 3.63) is 34.4 Å². The van der Waals surface area contributed by atoms with E-state index in [1.807, 2.05) is 13.0 Å². The zero-order chi connectivity index (χ0) is 12.8. The van der Waals surface area contributed by atoms with E-state index < -0.39 is 0 Å². The van der Waals surface area contributed by atoms with E-state index in [2.05, 4.69) is 10.8 Å². The van der Waals surface area contributed by atoms with Crippen LogP contribution >= 0.6 is 11.6 Å². The minimum Gasteiger partial charge on any atom is -0.469 e. The molecule has 0 fully saturated rings. The largest absolute Gasteiger partial charge is 0.469 e. The first-order valence-electron chi connectivity index (χ1n) is 5.33. The molecule has 0 heterocycles. The number of rotatable bonds is 4. The highest BCUT2D eigenvalue weighted by Crippen LogP contribution is 2.20. The van der Waals surface area contributed by atoms with E-state index in [1.54, 1.807) is 6.07 Å². The summed E-state index contributed by atoms with van der Waals surface area (Å²) in [5.41, 5.74) is 3.20. The molecule has 0 spiro atoms. The van der Waals surface area contributed by atoms with Gasteiger partial charge in [0.15, 0.2) is 0 Å². The molecule has 1 aromatic rings. The van der Waals surface area contributed by atoms with Gasteiger partial charge in [0.2, 0.25) is 0 Å². The third-order valence-corrected chi connectivity index (χ3v) is 2.88. The molecule has 0 aliphatic rings. The Kier molecular flexibility index (Phi) is 4.99. The molecule has 0 amide bonds. The number of nitriles is 1.